The van der Waals surface area contributed by atoms with E-state index in [4.69, 9.17) is 10.8 Å². The van der Waals surface area contributed by atoms with Gasteiger partial charge in [0.2, 0.25) is 11.8 Å². The number of aromatic nitrogens is 1. The van der Waals surface area contributed by atoms with Crippen molar-refractivity contribution in [2.75, 3.05) is 11.5 Å². The molecule has 0 aliphatic carbocycles. The Hall–Kier alpha value is -2.17. The standard InChI is InChI=1S/C17H22N4O4S2/c18-11(7-26)15(22)20-13(16(23)21-14(8-27)17(24)25)5-9-6-19-12-4-2-1-3-10(9)12/h1-4,6,11,13-14,19,26-27H,5,7-8,18H2,(H,20,22)(H,21,23)(H,24,25). The number of hydrogen-bond acceptors (Lipinski definition) is 6. The first-order valence-corrected chi connectivity index (χ1v) is 9.49. The summed E-state index contributed by atoms with van der Waals surface area (Å²) in [6.07, 6.45) is 1.92. The fourth-order valence-corrected chi connectivity index (χ4v) is 2.96. The zero-order chi connectivity index (χ0) is 20.0. The molecular weight excluding hydrogens is 388 g/mol. The van der Waals surface area contributed by atoms with Crippen LogP contribution < -0.4 is 16.4 Å². The predicted octanol–water partition coefficient (Wildman–Crippen LogP) is -0.0485. The van der Waals surface area contributed by atoms with E-state index < -0.39 is 35.9 Å². The van der Waals surface area contributed by atoms with Gasteiger partial charge in [0.05, 0.1) is 6.04 Å². The molecule has 1 aromatic carbocycles. The van der Waals surface area contributed by atoms with Crippen LogP contribution in [0.25, 0.3) is 10.9 Å². The molecule has 6 N–H and O–H groups in total. The molecular formula is C17H22N4O4S2. The number of carboxylic acid groups (broad SMARTS) is 1. The normalized spacial score (nSPS) is 14.3. The number of benzene rings is 1. The van der Waals surface area contributed by atoms with E-state index in [2.05, 4.69) is 40.9 Å². The Morgan fingerprint density at radius 2 is 1.74 bits per heavy atom. The van der Waals surface area contributed by atoms with Crippen molar-refractivity contribution in [1.29, 1.82) is 0 Å². The molecule has 0 saturated carbocycles. The van der Waals surface area contributed by atoms with Crippen LogP contribution in [0.2, 0.25) is 0 Å². The average Bonchev–Trinajstić information content (AvgIpc) is 3.07. The molecule has 0 radical (unpaired) electrons. The molecule has 0 bridgehead atoms. The summed E-state index contributed by atoms with van der Waals surface area (Å²) in [6.45, 7) is 0. The van der Waals surface area contributed by atoms with Crippen molar-refractivity contribution in [2.45, 2.75) is 24.5 Å². The highest BCUT2D eigenvalue weighted by molar-refractivity contribution is 7.80. The minimum atomic E-state index is -1.21. The number of carbonyl (C=O) groups excluding carboxylic acids is 2. The van der Waals surface area contributed by atoms with Gasteiger partial charge in [-0.15, -0.1) is 0 Å². The Morgan fingerprint density at radius 3 is 2.37 bits per heavy atom. The molecule has 0 saturated heterocycles. The molecule has 10 heteroatoms. The summed E-state index contributed by atoms with van der Waals surface area (Å²) >= 11 is 7.92. The smallest absolute Gasteiger partial charge is 0.327 e. The summed E-state index contributed by atoms with van der Waals surface area (Å²) in [7, 11) is 0. The van der Waals surface area contributed by atoms with E-state index in [1.807, 2.05) is 24.3 Å². The maximum Gasteiger partial charge on any atom is 0.327 e. The van der Waals surface area contributed by atoms with E-state index in [0.29, 0.717) is 0 Å². The monoisotopic (exact) mass is 410 g/mol. The lowest BCUT2D eigenvalue weighted by Gasteiger charge is -2.22. The second-order valence-electron chi connectivity index (χ2n) is 6.00. The number of amides is 2. The number of aromatic amines is 1. The molecule has 3 unspecified atom stereocenters. The summed E-state index contributed by atoms with van der Waals surface area (Å²) < 4.78 is 0. The highest BCUT2D eigenvalue weighted by Gasteiger charge is 2.28. The number of carbonyl (C=O) groups is 3. The fraction of sp³-hybridized carbons (Fsp3) is 0.353. The van der Waals surface area contributed by atoms with Gasteiger partial charge in [0, 0.05) is 35.0 Å². The molecule has 1 heterocycles. The molecule has 2 amide bonds. The van der Waals surface area contributed by atoms with Gasteiger partial charge in [0.25, 0.3) is 0 Å². The fourth-order valence-electron chi connectivity index (χ4n) is 2.55. The maximum atomic E-state index is 12.6. The first kappa shape index (κ1) is 21.1. The largest absolute Gasteiger partial charge is 0.480 e. The Labute approximate surface area is 167 Å². The number of thiol groups is 2. The SMILES string of the molecule is NC(CS)C(=O)NC(Cc1c[nH]c2ccccc12)C(=O)NC(CS)C(=O)O. The topological polar surface area (TPSA) is 137 Å². The lowest BCUT2D eigenvalue weighted by molar-refractivity contribution is -0.141. The number of H-pyrrole nitrogens is 1. The van der Waals surface area contributed by atoms with Crippen molar-refractivity contribution < 1.29 is 19.5 Å². The van der Waals surface area contributed by atoms with Crippen molar-refractivity contribution >= 4 is 53.9 Å². The number of carboxylic acids is 1. The molecule has 0 spiro atoms. The number of hydrogen-bond donors (Lipinski definition) is 7. The van der Waals surface area contributed by atoms with Gasteiger partial charge < -0.3 is 26.5 Å². The van der Waals surface area contributed by atoms with Crippen molar-refractivity contribution in [2.24, 2.45) is 5.73 Å². The van der Waals surface area contributed by atoms with E-state index in [1.165, 1.54) is 0 Å². The Kier molecular flexibility index (Phi) is 7.57. The van der Waals surface area contributed by atoms with Crippen LogP contribution in [-0.2, 0) is 20.8 Å². The second kappa shape index (κ2) is 9.67. The van der Waals surface area contributed by atoms with Crippen LogP contribution in [0.3, 0.4) is 0 Å². The van der Waals surface area contributed by atoms with E-state index in [1.54, 1.807) is 6.20 Å². The van der Waals surface area contributed by atoms with E-state index in [0.717, 1.165) is 16.5 Å². The molecule has 146 valence electrons. The number of rotatable bonds is 9. The summed E-state index contributed by atoms with van der Waals surface area (Å²) in [4.78, 5) is 39.1. The Bertz CT molecular complexity index is 826. The van der Waals surface area contributed by atoms with Crippen molar-refractivity contribution in [3.8, 4) is 0 Å². The average molecular weight is 411 g/mol. The van der Waals surface area contributed by atoms with Crippen LogP contribution in [0.5, 0.6) is 0 Å². The molecule has 0 fully saturated rings. The van der Waals surface area contributed by atoms with Crippen LogP contribution in [0.1, 0.15) is 5.56 Å². The summed E-state index contributed by atoms with van der Waals surface area (Å²) in [5, 5.41) is 15.0. The highest BCUT2D eigenvalue weighted by Crippen LogP contribution is 2.19. The first-order chi connectivity index (χ1) is 12.9. The minimum absolute atomic E-state index is 0.0784. The molecule has 3 atom stereocenters. The Balaban J connectivity index is 2.24. The van der Waals surface area contributed by atoms with E-state index >= 15 is 0 Å². The minimum Gasteiger partial charge on any atom is -0.480 e. The number of aliphatic carboxylic acids is 1. The summed E-state index contributed by atoms with van der Waals surface area (Å²) in [5.74, 6) is -2.33. The quantitative estimate of drug-likeness (QED) is 0.291. The maximum absolute atomic E-state index is 12.6. The van der Waals surface area contributed by atoms with Gasteiger partial charge in [-0.3, -0.25) is 9.59 Å². The van der Waals surface area contributed by atoms with E-state index in [-0.39, 0.29) is 17.9 Å². The van der Waals surface area contributed by atoms with Crippen molar-refractivity contribution in [3.05, 3.63) is 36.0 Å². The molecule has 0 aliphatic heterocycles. The van der Waals surface area contributed by atoms with Crippen molar-refractivity contribution in [1.82, 2.24) is 15.6 Å². The van der Waals surface area contributed by atoms with Crippen LogP contribution in [0, 0.1) is 0 Å². The van der Waals surface area contributed by atoms with E-state index in [9.17, 15) is 14.4 Å². The second-order valence-corrected chi connectivity index (χ2v) is 6.73. The van der Waals surface area contributed by atoms with Gasteiger partial charge >= 0.3 is 5.97 Å². The number of nitrogens with one attached hydrogen (secondary N) is 3. The third-order valence-electron chi connectivity index (χ3n) is 4.06. The van der Waals surface area contributed by atoms with Gasteiger partial charge in [0.15, 0.2) is 0 Å². The van der Waals surface area contributed by atoms with Gasteiger partial charge in [0.1, 0.15) is 12.1 Å². The van der Waals surface area contributed by atoms with Crippen LogP contribution in [-0.4, -0.2) is 57.5 Å². The van der Waals surface area contributed by atoms with Gasteiger partial charge in [-0.1, -0.05) is 18.2 Å². The summed E-state index contributed by atoms with van der Waals surface area (Å²) in [5.41, 5.74) is 7.37. The van der Waals surface area contributed by atoms with Gasteiger partial charge in [-0.2, -0.15) is 25.3 Å². The lowest BCUT2D eigenvalue weighted by Crippen LogP contribution is -2.55. The number of fused-ring (bicyclic) bond motifs is 1. The number of nitrogens with two attached hydrogens (primary N) is 1. The predicted molar refractivity (Wildman–Crippen MR) is 109 cm³/mol. The highest BCUT2D eigenvalue weighted by atomic mass is 32.1. The van der Waals surface area contributed by atoms with Gasteiger partial charge in [-0.05, 0) is 11.6 Å². The van der Waals surface area contributed by atoms with Crippen LogP contribution in [0.4, 0.5) is 0 Å². The molecule has 8 nitrogen and oxygen atoms in total. The van der Waals surface area contributed by atoms with Gasteiger partial charge in [-0.25, -0.2) is 4.79 Å². The molecule has 1 aromatic heterocycles. The number of para-hydroxylation sites is 1. The molecule has 2 aromatic rings. The van der Waals surface area contributed by atoms with Crippen LogP contribution >= 0.6 is 25.3 Å². The molecule has 0 aliphatic rings. The first-order valence-electron chi connectivity index (χ1n) is 8.23. The lowest BCUT2D eigenvalue weighted by atomic mass is 10.0. The van der Waals surface area contributed by atoms with Crippen LogP contribution in [0.15, 0.2) is 30.5 Å². The summed E-state index contributed by atoms with van der Waals surface area (Å²) in [6, 6.07) is 4.49. The zero-order valence-electron chi connectivity index (χ0n) is 14.4. The Morgan fingerprint density at radius 1 is 1.07 bits per heavy atom. The zero-order valence-corrected chi connectivity index (χ0v) is 16.2. The van der Waals surface area contributed by atoms with Crippen molar-refractivity contribution in [3.63, 3.8) is 0 Å². The molecule has 2 rings (SSSR count). The third kappa shape index (κ3) is 5.41. The molecule has 27 heavy (non-hydrogen) atoms. The third-order valence-corrected chi connectivity index (χ3v) is 4.82.